The summed E-state index contributed by atoms with van der Waals surface area (Å²) in [5, 5.41) is 16.7. The Morgan fingerprint density at radius 1 is 1.00 bits per heavy atom. The maximum atomic E-state index is 13.4. The summed E-state index contributed by atoms with van der Waals surface area (Å²) in [5.41, 5.74) is 4.13. The van der Waals surface area contributed by atoms with Gasteiger partial charge in [0.1, 0.15) is 15.7 Å². The molecule has 184 valence electrons. The number of nitro benzene ring substituents is 1. The minimum absolute atomic E-state index is 0.0126. The fourth-order valence-corrected chi connectivity index (χ4v) is 7.64. The number of benzene rings is 2. The highest BCUT2D eigenvalue weighted by atomic mass is 32.1. The van der Waals surface area contributed by atoms with E-state index in [-0.39, 0.29) is 16.5 Å². The van der Waals surface area contributed by atoms with Gasteiger partial charge >= 0.3 is 0 Å². The molecule has 1 fully saturated rings. The fourth-order valence-electron chi connectivity index (χ4n) is 5.25. The van der Waals surface area contributed by atoms with Gasteiger partial charge in [-0.15, -0.1) is 22.7 Å². The van der Waals surface area contributed by atoms with E-state index in [1.807, 2.05) is 18.2 Å². The average molecular weight is 519 g/mol. The van der Waals surface area contributed by atoms with E-state index in [2.05, 4.69) is 16.3 Å². The number of hydrogen-bond acceptors (Lipinski definition) is 7. The van der Waals surface area contributed by atoms with E-state index < -0.39 is 0 Å². The number of fused-ring (bicyclic) bond motifs is 2. The number of piperidine rings is 1. The molecule has 4 aromatic rings. The normalized spacial score (nSPS) is 15.6. The summed E-state index contributed by atoms with van der Waals surface area (Å²) in [7, 11) is 0. The monoisotopic (exact) mass is 518 g/mol. The number of nitro groups is 1. The van der Waals surface area contributed by atoms with Crippen LogP contribution in [0.1, 0.15) is 52.9 Å². The minimum Gasteiger partial charge on any atom is -0.366 e. The van der Waals surface area contributed by atoms with Crippen molar-refractivity contribution in [2.24, 2.45) is 0 Å². The molecule has 1 N–H and O–H groups in total. The van der Waals surface area contributed by atoms with Gasteiger partial charge < -0.3 is 10.2 Å². The van der Waals surface area contributed by atoms with Crippen LogP contribution in [0.5, 0.6) is 0 Å². The SMILES string of the molecule is O=C(Nc1sc2c(c1-c1nc3ccccc3s1)CCCC2)c1ccc(N2CCCCC2)c([N+](=O)[O-])c1. The number of aryl methyl sites for hydroxylation is 1. The molecule has 0 radical (unpaired) electrons. The first-order valence-corrected chi connectivity index (χ1v) is 14.1. The van der Waals surface area contributed by atoms with E-state index in [1.54, 1.807) is 34.8 Å². The van der Waals surface area contributed by atoms with Crippen molar-refractivity contribution in [3.8, 4) is 10.6 Å². The van der Waals surface area contributed by atoms with Crippen LogP contribution < -0.4 is 10.2 Å². The van der Waals surface area contributed by atoms with Crippen LogP contribution in [0.4, 0.5) is 16.4 Å². The van der Waals surface area contributed by atoms with E-state index in [0.29, 0.717) is 11.3 Å². The number of rotatable bonds is 5. The maximum absolute atomic E-state index is 13.4. The largest absolute Gasteiger partial charge is 0.366 e. The van der Waals surface area contributed by atoms with Crippen molar-refractivity contribution in [1.82, 2.24) is 4.98 Å². The highest BCUT2D eigenvalue weighted by Crippen LogP contribution is 2.46. The quantitative estimate of drug-likeness (QED) is 0.226. The molecule has 1 aliphatic carbocycles. The van der Waals surface area contributed by atoms with Crippen LogP contribution in [0.2, 0.25) is 0 Å². The minimum atomic E-state index is -0.378. The zero-order valence-corrected chi connectivity index (χ0v) is 21.4. The molecular weight excluding hydrogens is 492 g/mol. The standard InChI is InChI=1S/C27H26N4O3S2/c32-25(17-12-13-20(21(16-17)31(33)34)30-14-6-1-7-15-30)29-27-24(18-8-2-4-10-22(18)35-27)26-28-19-9-3-5-11-23(19)36-26/h3,5,9,11-13,16H,1-2,4,6-8,10,14-15H2,(H,29,32). The number of thiazole rings is 1. The fraction of sp³-hybridized carbons (Fsp3) is 0.333. The lowest BCUT2D eigenvalue weighted by Gasteiger charge is -2.28. The van der Waals surface area contributed by atoms with Gasteiger partial charge in [0.25, 0.3) is 11.6 Å². The third-order valence-corrected chi connectivity index (χ3v) is 9.30. The number of carbonyl (C=O) groups is 1. The molecule has 0 unspecified atom stereocenters. The number of nitrogens with one attached hydrogen (secondary N) is 1. The van der Waals surface area contributed by atoms with Crippen LogP contribution in [-0.2, 0) is 12.8 Å². The highest BCUT2D eigenvalue weighted by molar-refractivity contribution is 7.23. The molecule has 1 amide bonds. The summed E-state index contributed by atoms with van der Waals surface area (Å²) in [5.74, 6) is -0.329. The van der Waals surface area contributed by atoms with Gasteiger partial charge in [-0.2, -0.15) is 0 Å². The number of thiophene rings is 1. The maximum Gasteiger partial charge on any atom is 0.293 e. The number of hydrogen-bond donors (Lipinski definition) is 1. The Kier molecular flexibility index (Phi) is 6.18. The zero-order valence-electron chi connectivity index (χ0n) is 19.8. The van der Waals surface area contributed by atoms with E-state index in [1.165, 1.54) is 16.5 Å². The Labute approximate surface area is 216 Å². The summed E-state index contributed by atoms with van der Waals surface area (Å²) in [6.45, 7) is 1.61. The molecule has 7 nitrogen and oxygen atoms in total. The van der Waals surface area contributed by atoms with Gasteiger partial charge in [-0.1, -0.05) is 12.1 Å². The predicted octanol–water partition coefficient (Wildman–Crippen LogP) is 7.05. The first-order valence-electron chi connectivity index (χ1n) is 12.4. The smallest absolute Gasteiger partial charge is 0.293 e. The lowest BCUT2D eigenvalue weighted by molar-refractivity contribution is -0.384. The molecular formula is C27H26N4O3S2. The summed E-state index contributed by atoms with van der Waals surface area (Å²) >= 11 is 3.26. The van der Waals surface area contributed by atoms with E-state index >= 15 is 0 Å². The number of nitrogens with zero attached hydrogens (tertiary/aromatic N) is 3. The third-order valence-electron chi connectivity index (χ3n) is 7.04. The van der Waals surface area contributed by atoms with Crippen molar-refractivity contribution in [2.45, 2.75) is 44.9 Å². The molecule has 6 rings (SSSR count). The molecule has 2 aliphatic rings. The van der Waals surface area contributed by atoms with Crippen molar-refractivity contribution in [3.05, 3.63) is 68.6 Å². The second kappa shape index (κ2) is 9.63. The van der Waals surface area contributed by atoms with Crippen molar-refractivity contribution in [2.75, 3.05) is 23.3 Å². The van der Waals surface area contributed by atoms with E-state index in [4.69, 9.17) is 4.98 Å². The van der Waals surface area contributed by atoms with E-state index in [0.717, 1.165) is 83.8 Å². The first-order chi connectivity index (χ1) is 17.6. The van der Waals surface area contributed by atoms with Crippen molar-refractivity contribution >= 4 is 55.2 Å². The van der Waals surface area contributed by atoms with Crippen LogP contribution in [0.3, 0.4) is 0 Å². The topological polar surface area (TPSA) is 88.4 Å². The molecule has 3 heterocycles. The van der Waals surface area contributed by atoms with Gasteiger partial charge in [-0.25, -0.2) is 4.98 Å². The molecule has 9 heteroatoms. The van der Waals surface area contributed by atoms with Crippen LogP contribution in [-0.4, -0.2) is 28.9 Å². The molecule has 36 heavy (non-hydrogen) atoms. The Balaban J connectivity index is 1.35. The predicted molar refractivity (Wildman–Crippen MR) is 147 cm³/mol. The van der Waals surface area contributed by atoms with Crippen LogP contribution in [0.15, 0.2) is 42.5 Å². The number of anilines is 2. The molecule has 0 bridgehead atoms. The number of amides is 1. The van der Waals surface area contributed by atoms with Gasteiger partial charge in [0.15, 0.2) is 0 Å². The second-order valence-corrected chi connectivity index (χ2v) is 11.5. The number of carbonyl (C=O) groups excluding carboxylic acids is 1. The van der Waals surface area contributed by atoms with E-state index in [9.17, 15) is 14.9 Å². The zero-order chi connectivity index (χ0) is 24.6. The van der Waals surface area contributed by atoms with Crippen molar-refractivity contribution in [1.29, 1.82) is 0 Å². The van der Waals surface area contributed by atoms with Crippen LogP contribution >= 0.6 is 22.7 Å². The van der Waals surface area contributed by atoms with Gasteiger partial charge in [0, 0.05) is 35.2 Å². The Morgan fingerprint density at radius 3 is 2.61 bits per heavy atom. The first kappa shape index (κ1) is 23.1. The van der Waals surface area contributed by atoms with Crippen LogP contribution in [0, 0.1) is 10.1 Å². The third kappa shape index (κ3) is 4.26. The van der Waals surface area contributed by atoms with Gasteiger partial charge in [-0.3, -0.25) is 14.9 Å². The highest BCUT2D eigenvalue weighted by Gasteiger charge is 2.27. The molecule has 0 spiro atoms. The summed E-state index contributed by atoms with van der Waals surface area (Å²) in [6, 6.07) is 12.9. The molecule has 2 aromatic heterocycles. The average Bonchev–Trinajstić information content (AvgIpc) is 3.49. The molecule has 1 saturated heterocycles. The summed E-state index contributed by atoms with van der Waals surface area (Å²) < 4.78 is 1.12. The Hall–Kier alpha value is -3.30. The Bertz CT molecular complexity index is 1440. The summed E-state index contributed by atoms with van der Waals surface area (Å²) in [6.07, 6.45) is 7.44. The number of aromatic nitrogens is 1. The van der Waals surface area contributed by atoms with Gasteiger partial charge in [0.2, 0.25) is 0 Å². The molecule has 0 saturated carbocycles. The second-order valence-electron chi connectivity index (χ2n) is 9.36. The molecule has 1 aliphatic heterocycles. The van der Waals surface area contributed by atoms with Crippen molar-refractivity contribution < 1.29 is 9.72 Å². The van der Waals surface area contributed by atoms with Crippen LogP contribution in [0.25, 0.3) is 20.8 Å². The number of para-hydroxylation sites is 1. The lowest BCUT2D eigenvalue weighted by atomic mass is 9.95. The van der Waals surface area contributed by atoms with Crippen molar-refractivity contribution in [3.63, 3.8) is 0 Å². The molecule has 2 aromatic carbocycles. The van der Waals surface area contributed by atoms with Gasteiger partial charge in [-0.05, 0) is 74.8 Å². The van der Waals surface area contributed by atoms with Gasteiger partial charge in [0.05, 0.1) is 15.1 Å². The molecule has 0 atom stereocenters. The lowest BCUT2D eigenvalue weighted by Crippen LogP contribution is -2.30. The summed E-state index contributed by atoms with van der Waals surface area (Å²) in [4.78, 5) is 33.2. The Morgan fingerprint density at radius 2 is 1.81 bits per heavy atom.